The number of anilines is 1. The number of rotatable bonds is 9. The molecule has 0 saturated heterocycles. The molecular weight excluding hydrogens is 469 g/mol. The zero-order chi connectivity index (χ0) is 23.1. The molecule has 10 heteroatoms. The van der Waals surface area contributed by atoms with Crippen molar-refractivity contribution >= 4 is 52.5 Å². The molecule has 2 amide bonds. The minimum absolute atomic E-state index is 0.132. The standard InChI is InChI=1S/C22H21Cl2N5O2S/c1-3-11-29-19(12-25-21(31)15-7-4-5-8-17(15)24)27-28-22(29)32-13-20(30)26-18-10-6-9-16(23)14(18)2/h3-10H,1,11-13H2,2H3,(H,25,31)(H,26,30). The van der Waals surface area contributed by atoms with Gasteiger partial charge in [0.25, 0.3) is 5.91 Å². The van der Waals surface area contributed by atoms with Crippen LogP contribution in [0.1, 0.15) is 21.7 Å². The maximum Gasteiger partial charge on any atom is 0.253 e. The van der Waals surface area contributed by atoms with Crippen LogP contribution in [0.4, 0.5) is 5.69 Å². The number of carbonyl (C=O) groups excluding carboxylic acids is 2. The molecule has 3 rings (SSSR count). The van der Waals surface area contributed by atoms with E-state index >= 15 is 0 Å². The number of nitrogens with zero attached hydrogens (tertiary/aromatic N) is 3. The fraction of sp³-hybridized carbons (Fsp3) is 0.182. The van der Waals surface area contributed by atoms with Crippen molar-refractivity contribution in [2.24, 2.45) is 0 Å². The molecule has 0 bridgehead atoms. The predicted molar refractivity (Wildman–Crippen MR) is 128 cm³/mol. The molecule has 0 aliphatic rings. The first-order chi connectivity index (χ1) is 15.4. The average molecular weight is 490 g/mol. The van der Waals surface area contributed by atoms with Gasteiger partial charge in [-0.05, 0) is 36.8 Å². The Morgan fingerprint density at radius 1 is 1.12 bits per heavy atom. The molecule has 3 aromatic rings. The summed E-state index contributed by atoms with van der Waals surface area (Å²) < 4.78 is 1.79. The molecule has 0 atom stereocenters. The topological polar surface area (TPSA) is 88.9 Å². The van der Waals surface area contributed by atoms with Gasteiger partial charge in [0.1, 0.15) is 0 Å². The zero-order valence-electron chi connectivity index (χ0n) is 17.3. The lowest BCUT2D eigenvalue weighted by atomic mass is 10.2. The van der Waals surface area contributed by atoms with Gasteiger partial charge in [-0.15, -0.1) is 16.8 Å². The molecule has 1 heterocycles. The second kappa shape index (κ2) is 11.2. The number of amides is 2. The first kappa shape index (κ1) is 23.8. The Morgan fingerprint density at radius 2 is 1.88 bits per heavy atom. The first-order valence-corrected chi connectivity index (χ1v) is 11.4. The number of hydrogen-bond donors (Lipinski definition) is 2. The largest absolute Gasteiger partial charge is 0.345 e. The van der Waals surface area contributed by atoms with Gasteiger partial charge in [-0.3, -0.25) is 9.59 Å². The fourth-order valence-corrected chi connectivity index (χ4v) is 3.99. The van der Waals surface area contributed by atoms with Gasteiger partial charge in [0.15, 0.2) is 11.0 Å². The van der Waals surface area contributed by atoms with Crippen LogP contribution >= 0.6 is 35.0 Å². The van der Waals surface area contributed by atoms with E-state index in [4.69, 9.17) is 23.2 Å². The molecule has 0 unspecified atom stereocenters. The van der Waals surface area contributed by atoms with E-state index in [1.165, 1.54) is 11.8 Å². The maximum atomic E-state index is 12.4. The summed E-state index contributed by atoms with van der Waals surface area (Å²) in [6.07, 6.45) is 1.70. The summed E-state index contributed by atoms with van der Waals surface area (Å²) in [7, 11) is 0. The van der Waals surface area contributed by atoms with E-state index in [0.29, 0.717) is 38.8 Å². The third kappa shape index (κ3) is 5.91. The molecule has 0 saturated carbocycles. The number of allylic oxidation sites excluding steroid dienone is 1. The second-order valence-electron chi connectivity index (χ2n) is 6.71. The van der Waals surface area contributed by atoms with Gasteiger partial charge in [0, 0.05) is 17.3 Å². The van der Waals surface area contributed by atoms with Crippen LogP contribution in [-0.4, -0.2) is 32.3 Å². The monoisotopic (exact) mass is 489 g/mol. The molecule has 0 aliphatic heterocycles. The van der Waals surface area contributed by atoms with Crippen LogP contribution in [0.2, 0.25) is 10.0 Å². The van der Waals surface area contributed by atoms with Crippen LogP contribution in [0.25, 0.3) is 0 Å². The lowest BCUT2D eigenvalue weighted by Gasteiger charge is -2.10. The van der Waals surface area contributed by atoms with E-state index in [1.54, 1.807) is 53.1 Å². The molecule has 1 aromatic heterocycles. The van der Waals surface area contributed by atoms with Crippen LogP contribution < -0.4 is 10.6 Å². The van der Waals surface area contributed by atoms with Gasteiger partial charge in [-0.25, -0.2) is 0 Å². The van der Waals surface area contributed by atoms with Gasteiger partial charge >= 0.3 is 0 Å². The molecule has 0 aliphatic carbocycles. The summed E-state index contributed by atoms with van der Waals surface area (Å²) in [6.45, 7) is 6.19. The summed E-state index contributed by atoms with van der Waals surface area (Å²) in [4.78, 5) is 24.8. The van der Waals surface area contributed by atoms with Gasteiger partial charge in [0.2, 0.25) is 5.91 Å². The minimum Gasteiger partial charge on any atom is -0.345 e. The fourth-order valence-electron chi connectivity index (χ4n) is 2.83. The van der Waals surface area contributed by atoms with Crippen molar-refractivity contribution in [2.45, 2.75) is 25.2 Å². The van der Waals surface area contributed by atoms with Crippen molar-refractivity contribution in [1.29, 1.82) is 0 Å². The maximum absolute atomic E-state index is 12.4. The minimum atomic E-state index is -0.311. The molecule has 166 valence electrons. The Balaban J connectivity index is 1.63. The molecule has 32 heavy (non-hydrogen) atoms. The number of thioether (sulfide) groups is 1. The van der Waals surface area contributed by atoms with Crippen molar-refractivity contribution in [3.05, 3.63) is 82.1 Å². The Labute approximate surface area is 200 Å². The number of carbonyl (C=O) groups is 2. The highest BCUT2D eigenvalue weighted by atomic mass is 35.5. The van der Waals surface area contributed by atoms with Crippen LogP contribution in [-0.2, 0) is 17.9 Å². The Morgan fingerprint density at radius 3 is 2.62 bits per heavy atom. The summed E-state index contributed by atoms with van der Waals surface area (Å²) >= 11 is 13.4. The molecule has 2 N–H and O–H groups in total. The SMILES string of the molecule is C=CCn1c(CNC(=O)c2ccccc2Cl)nnc1SCC(=O)Nc1cccc(Cl)c1C. The van der Waals surface area contributed by atoms with Crippen molar-refractivity contribution in [2.75, 3.05) is 11.1 Å². The summed E-state index contributed by atoms with van der Waals surface area (Å²) in [5.74, 6) is 0.169. The normalized spacial score (nSPS) is 10.6. The second-order valence-corrected chi connectivity index (χ2v) is 8.47. The summed E-state index contributed by atoms with van der Waals surface area (Å²) in [5, 5.41) is 15.5. The van der Waals surface area contributed by atoms with E-state index in [9.17, 15) is 9.59 Å². The number of hydrogen-bond acceptors (Lipinski definition) is 5. The van der Waals surface area contributed by atoms with E-state index < -0.39 is 0 Å². The van der Waals surface area contributed by atoms with E-state index in [1.807, 2.05) is 6.92 Å². The molecule has 0 fully saturated rings. The van der Waals surface area contributed by atoms with E-state index in [-0.39, 0.29) is 24.1 Å². The quantitative estimate of drug-likeness (QED) is 0.334. The van der Waals surface area contributed by atoms with Crippen molar-refractivity contribution in [3.63, 3.8) is 0 Å². The number of halogens is 2. The smallest absolute Gasteiger partial charge is 0.253 e. The van der Waals surface area contributed by atoms with Crippen LogP contribution in [0.15, 0.2) is 60.3 Å². The lowest BCUT2D eigenvalue weighted by Crippen LogP contribution is -2.25. The van der Waals surface area contributed by atoms with E-state index in [0.717, 1.165) is 5.56 Å². The summed E-state index contributed by atoms with van der Waals surface area (Å²) in [6, 6.07) is 12.1. The first-order valence-electron chi connectivity index (χ1n) is 9.64. The van der Waals surface area contributed by atoms with Gasteiger partial charge in [0.05, 0.1) is 22.9 Å². The molecular formula is C22H21Cl2N5O2S. The third-order valence-corrected chi connectivity index (χ3v) is 6.21. The van der Waals surface area contributed by atoms with Crippen LogP contribution in [0, 0.1) is 6.92 Å². The highest BCUT2D eigenvalue weighted by Gasteiger charge is 2.16. The predicted octanol–water partition coefficient (Wildman–Crippen LogP) is 4.74. The van der Waals surface area contributed by atoms with Gasteiger partial charge in [-0.1, -0.05) is 59.2 Å². The van der Waals surface area contributed by atoms with Gasteiger partial charge < -0.3 is 15.2 Å². The number of aromatic nitrogens is 3. The van der Waals surface area contributed by atoms with Crippen molar-refractivity contribution in [1.82, 2.24) is 20.1 Å². The summed E-state index contributed by atoms with van der Waals surface area (Å²) in [5.41, 5.74) is 1.85. The zero-order valence-corrected chi connectivity index (χ0v) is 19.6. The van der Waals surface area contributed by atoms with Crippen LogP contribution in [0.5, 0.6) is 0 Å². The van der Waals surface area contributed by atoms with Crippen molar-refractivity contribution < 1.29 is 9.59 Å². The molecule has 7 nitrogen and oxygen atoms in total. The van der Waals surface area contributed by atoms with Crippen LogP contribution in [0.3, 0.4) is 0 Å². The Bertz CT molecular complexity index is 1150. The highest BCUT2D eigenvalue weighted by molar-refractivity contribution is 7.99. The van der Waals surface area contributed by atoms with E-state index in [2.05, 4.69) is 27.4 Å². The number of nitrogens with one attached hydrogen (secondary N) is 2. The third-order valence-electron chi connectivity index (χ3n) is 4.50. The lowest BCUT2D eigenvalue weighted by molar-refractivity contribution is -0.113. The molecule has 0 spiro atoms. The average Bonchev–Trinajstić information content (AvgIpc) is 3.16. The number of benzene rings is 2. The highest BCUT2D eigenvalue weighted by Crippen LogP contribution is 2.24. The molecule has 0 radical (unpaired) electrons. The molecule has 2 aromatic carbocycles. The van der Waals surface area contributed by atoms with Crippen molar-refractivity contribution in [3.8, 4) is 0 Å². The Kier molecular flexibility index (Phi) is 8.33. The van der Waals surface area contributed by atoms with Gasteiger partial charge in [-0.2, -0.15) is 0 Å². The Hall–Kier alpha value is -2.81.